The molecule has 1 aromatic carbocycles. The van der Waals surface area contributed by atoms with Gasteiger partial charge in [-0.25, -0.2) is 13.2 Å². The van der Waals surface area contributed by atoms with Crippen molar-refractivity contribution < 1.29 is 18.3 Å². The molecule has 0 spiro atoms. The molecular weight excluding hydrogens is 334 g/mol. The van der Waals surface area contributed by atoms with E-state index in [2.05, 4.69) is 21.9 Å². The first kappa shape index (κ1) is 15.7. The van der Waals surface area contributed by atoms with Crippen LogP contribution in [-0.2, 0) is 10.0 Å². The lowest BCUT2D eigenvalue weighted by molar-refractivity contribution is 0.0696. The van der Waals surface area contributed by atoms with Crippen molar-refractivity contribution in [2.75, 3.05) is 13.6 Å². The number of hydrogen-bond donors (Lipinski definition) is 1. The van der Waals surface area contributed by atoms with Gasteiger partial charge in [-0.1, -0.05) is 5.92 Å². The van der Waals surface area contributed by atoms with E-state index >= 15 is 0 Å². The summed E-state index contributed by atoms with van der Waals surface area (Å²) in [6, 6.07) is 2.51. The van der Waals surface area contributed by atoms with Crippen molar-refractivity contribution in [2.24, 2.45) is 0 Å². The van der Waals surface area contributed by atoms with Crippen LogP contribution < -0.4 is 0 Å². The van der Waals surface area contributed by atoms with E-state index < -0.39 is 16.0 Å². The molecule has 0 atom stereocenters. The topological polar surface area (TPSA) is 74.7 Å². The minimum absolute atomic E-state index is 0.0895. The molecule has 102 valence electrons. The van der Waals surface area contributed by atoms with Crippen molar-refractivity contribution in [3.05, 3.63) is 27.7 Å². The van der Waals surface area contributed by atoms with Crippen molar-refractivity contribution in [3.8, 4) is 12.3 Å². The standard InChI is InChI=1S/C12H12BrNO4S/c1-4-5-14(3)19(17,18)10-7-9(12(15)16)6-8(2)11(10)13/h1,6-7H,5H2,2-3H3,(H,15,16). The Bertz CT molecular complexity index is 661. The first-order valence-corrected chi connectivity index (χ1v) is 7.38. The molecule has 0 aliphatic carbocycles. The number of halogens is 1. The summed E-state index contributed by atoms with van der Waals surface area (Å²) in [5.41, 5.74) is 0.431. The van der Waals surface area contributed by atoms with Gasteiger partial charge in [0.05, 0.1) is 17.0 Å². The SMILES string of the molecule is C#CCN(C)S(=O)(=O)c1cc(C(=O)O)cc(C)c1Br. The van der Waals surface area contributed by atoms with Crippen LogP contribution in [0.25, 0.3) is 0 Å². The number of aromatic carboxylic acids is 1. The van der Waals surface area contributed by atoms with Gasteiger partial charge in [0, 0.05) is 11.5 Å². The van der Waals surface area contributed by atoms with Crippen molar-refractivity contribution in [1.29, 1.82) is 0 Å². The van der Waals surface area contributed by atoms with E-state index in [9.17, 15) is 13.2 Å². The summed E-state index contributed by atoms with van der Waals surface area (Å²) in [4.78, 5) is 10.9. The quantitative estimate of drug-likeness (QED) is 0.843. The van der Waals surface area contributed by atoms with Gasteiger partial charge in [0.25, 0.3) is 0 Å². The minimum Gasteiger partial charge on any atom is -0.478 e. The lowest BCUT2D eigenvalue weighted by atomic mass is 10.1. The van der Waals surface area contributed by atoms with Crippen LogP contribution in [0.15, 0.2) is 21.5 Å². The van der Waals surface area contributed by atoms with Crippen LogP contribution in [0.3, 0.4) is 0 Å². The highest BCUT2D eigenvalue weighted by molar-refractivity contribution is 9.10. The maximum absolute atomic E-state index is 12.3. The Balaban J connectivity index is 3.51. The molecule has 0 heterocycles. The minimum atomic E-state index is -3.83. The predicted molar refractivity (Wildman–Crippen MR) is 74.5 cm³/mol. The molecule has 0 radical (unpaired) electrons. The van der Waals surface area contributed by atoms with Gasteiger partial charge in [0.1, 0.15) is 0 Å². The number of terminal acetylenes is 1. The predicted octanol–water partition coefficient (Wildman–Crippen LogP) is 1.71. The Morgan fingerprint density at radius 2 is 2.11 bits per heavy atom. The van der Waals surface area contributed by atoms with Gasteiger partial charge in [0.15, 0.2) is 0 Å². The molecule has 0 aromatic heterocycles. The Morgan fingerprint density at radius 1 is 1.53 bits per heavy atom. The third kappa shape index (κ3) is 3.15. The molecule has 0 fully saturated rings. The van der Waals surface area contributed by atoms with E-state index in [1.54, 1.807) is 6.92 Å². The second-order valence-corrected chi connectivity index (χ2v) is 6.68. The van der Waals surface area contributed by atoms with E-state index in [4.69, 9.17) is 11.5 Å². The number of benzene rings is 1. The van der Waals surface area contributed by atoms with Crippen LogP contribution in [0, 0.1) is 19.3 Å². The Kier molecular flexibility index (Phi) is 4.74. The normalized spacial score (nSPS) is 11.3. The third-order valence-corrected chi connectivity index (χ3v) is 5.61. The smallest absolute Gasteiger partial charge is 0.335 e. The van der Waals surface area contributed by atoms with Gasteiger partial charge in [-0.3, -0.25) is 0 Å². The molecule has 7 heteroatoms. The van der Waals surface area contributed by atoms with E-state index in [1.807, 2.05) is 0 Å². The first-order valence-electron chi connectivity index (χ1n) is 5.15. The average molecular weight is 346 g/mol. The molecule has 0 saturated carbocycles. The van der Waals surface area contributed by atoms with Crippen LogP contribution in [0.2, 0.25) is 0 Å². The number of carbonyl (C=O) groups is 1. The fraction of sp³-hybridized carbons (Fsp3) is 0.250. The van der Waals surface area contributed by atoms with Crippen LogP contribution in [0.4, 0.5) is 0 Å². The summed E-state index contributed by atoms with van der Waals surface area (Å²) >= 11 is 3.17. The van der Waals surface area contributed by atoms with Crippen LogP contribution in [0.5, 0.6) is 0 Å². The van der Waals surface area contributed by atoms with Crippen LogP contribution in [-0.4, -0.2) is 37.4 Å². The molecule has 0 unspecified atom stereocenters. The van der Waals surface area contributed by atoms with Gasteiger partial charge < -0.3 is 5.11 Å². The monoisotopic (exact) mass is 345 g/mol. The summed E-state index contributed by atoms with van der Waals surface area (Å²) in [6.45, 7) is 1.53. The zero-order valence-electron chi connectivity index (χ0n) is 10.3. The van der Waals surface area contributed by atoms with Gasteiger partial charge in [-0.15, -0.1) is 6.42 Å². The third-order valence-electron chi connectivity index (χ3n) is 2.47. The molecule has 0 aliphatic heterocycles. The molecule has 0 aliphatic rings. The van der Waals surface area contributed by atoms with Gasteiger partial charge in [0.2, 0.25) is 10.0 Å². The van der Waals surface area contributed by atoms with Gasteiger partial charge in [-0.05, 0) is 40.5 Å². The number of aryl methyl sites for hydroxylation is 1. The van der Waals surface area contributed by atoms with Crippen molar-refractivity contribution >= 4 is 31.9 Å². The number of carboxylic acid groups (broad SMARTS) is 1. The van der Waals surface area contributed by atoms with Crippen LogP contribution >= 0.6 is 15.9 Å². The number of rotatable bonds is 4. The fourth-order valence-corrected chi connectivity index (χ4v) is 3.52. The first-order chi connectivity index (χ1) is 8.71. The second kappa shape index (κ2) is 5.74. The van der Waals surface area contributed by atoms with Crippen molar-refractivity contribution in [1.82, 2.24) is 4.31 Å². The molecule has 19 heavy (non-hydrogen) atoms. The lowest BCUT2D eigenvalue weighted by Crippen LogP contribution is -2.28. The number of nitrogens with zero attached hydrogens (tertiary/aromatic N) is 1. The molecular formula is C12H12BrNO4S. The Hall–Kier alpha value is -1.36. The summed E-state index contributed by atoms with van der Waals surface area (Å²) in [5, 5.41) is 8.98. The van der Waals surface area contributed by atoms with Crippen molar-refractivity contribution in [3.63, 3.8) is 0 Å². The van der Waals surface area contributed by atoms with Gasteiger partial charge in [-0.2, -0.15) is 4.31 Å². The zero-order chi connectivity index (χ0) is 14.8. The largest absolute Gasteiger partial charge is 0.478 e. The average Bonchev–Trinajstić information content (AvgIpc) is 2.32. The number of sulfonamides is 1. The number of carboxylic acids is 1. The summed E-state index contributed by atoms with van der Waals surface area (Å²) in [6.07, 6.45) is 5.09. The maximum atomic E-state index is 12.3. The lowest BCUT2D eigenvalue weighted by Gasteiger charge is -2.17. The maximum Gasteiger partial charge on any atom is 0.335 e. The zero-order valence-corrected chi connectivity index (χ0v) is 12.7. The summed E-state index contributed by atoms with van der Waals surface area (Å²) < 4.78 is 25.9. The van der Waals surface area contributed by atoms with E-state index in [1.165, 1.54) is 13.1 Å². The fourth-order valence-electron chi connectivity index (χ4n) is 1.43. The molecule has 1 aromatic rings. The van der Waals surface area contributed by atoms with Crippen LogP contribution in [0.1, 0.15) is 15.9 Å². The highest BCUT2D eigenvalue weighted by Gasteiger charge is 2.25. The van der Waals surface area contributed by atoms with Crippen molar-refractivity contribution in [2.45, 2.75) is 11.8 Å². The van der Waals surface area contributed by atoms with E-state index in [0.717, 1.165) is 10.4 Å². The van der Waals surface area contributed by atoms with E-state index in [-0.39, 0.29) is 17.0 Å². The molecule has 0 bridgehead atoms. The molecule has 5 nitrogen and oxygen atoms in total. The highest BCUT2D eigenvalue weighted by atomic mass is 79.9. The van der Waals surface area contributed by atoms with Gasteiger partial charge >= 0.3 is 5.97 Å². The summed E-state index contributed by atoms with van der Waals surface area (Å²) in [5.74, 6) is 1.04. The van der Waals surface area contributed by atoms with E-state index in [0.29, 0.717) is 10.0 Å². The molecule has 0 saturated heterocycles. The Labute approximate surface area is 120 Å². The Morgan fingerprint density at radius 3 is 2.58 bits per heavy atom. The second-order valence-electron chi connectivity index (χ2n) is 3.88. The number of hydrogen-bond acceptors (Lipinski definition) is 3. The molecule has 1 N–H and O–H groups in total. The summed E-state index contributed by atoms with van der Waals surface area (Å²) in [7, 11) is -2.49. The molecule has 0 amide bonds. The highest BCUT2D eigenvalue weighted by Crippen LogP contribution is 2.29. The molecule has 1 rings (SSSR count).